The number of carbonyl (C=O) groups excluding carboxylic acids is 1. The van der Waals surface area contributed by atoms with Gasteiger partial charge in [0.25, 0.3) is 0 Å². The Kier molecular flexibility index (Phi) is 6.85. The molecule has 31 heavy (non-hydrogen) atoms. The van der Waals surface area contributed by atoms with Crippen molar-refractivity contribution in [2.24, 2.45) is 0 Å². The zero-order chi connectivity index (χ0) is 21.3. The zero-order valence-electron chi connectivity index (χ0n) is 17.3. The minimum atomic E-state index is -0.135. The van der Waals surface area contributed by atoms with Crippen LogP contribution >= 0.6 is 0 Å². The summed E-state index contributed by atoms with van der Waals surface area (Å²) >= 11 is 0. The lowest BCUT2D eigenvalue weighted by molar-refractivity contribution is 0.207. The molecule has 0 saturated carbocycles. The number of nitrogens with zero attached hydrogens (tertiary/aromatic N) is 4. The van der Waals surface area contributed by atoms with Crippen molar-refractivity contribution in [3.8, 4) is 5.75 Å². The molecule has 2 amide bonds. The van der Waals surface area contributed by atoms with Crippen LogP contribution < -0.4 is 10.1 Å². The number of piperidine rings is 1. The number of hydrogen-bond donors (Lipinski definition) is 1. The fourth-order valence-corrected chi connectivity index (χ4v) is 3.46. The van der Waals surface area contributed by atoms with Gasteiger partial charge in [0.1, 0.15) is 5.75 Å². The Balaban J connectivity index is 1.27. The molecule has 1 saturated heterocycles. The van der Waals surface area contributed by atoms with Gasteiger partial charge in [0.2, 0.25) is 0 Å². The topological polar surface area (TPSA) is 80.2 Å². The van der Waals surface area contributed by atoms with Crippen LogP contribution in [0.3, 0.4) is 0 Å². The molecule has 0 atom stereocenters. The van der Waals surface area contributed by atoms with Crippen molar-refractivity contribution in [1.29, 1.82) is 0 Å². The zero-order valence-corrected chi connectivity index (χ0v) is 17.3. The molecule has 3 aromatic rings. The van der Waals surface area contributed by atoms with Gasteiger partial charge in [-0.05, 0) is 60.4 Å². The highest BCUT2D eigenvalue weighted by molar-refractivity contribution is 5.88. The van der Waals surface area contributed by atoms with Crippen LogP contribution in [0.4, 0.5) is 10.6 Å². The second-order valence-corrected chi connectivity index (χ2v) is 7.36. The molecule has 1 aliphatic rings. The third kappa shape index (κ3) is 6.12. The predicted octanol–water partition coefficient (Wildman–Crippen LogP) is 4.20. The van der Waals surface area contributed by atoms with E-state index >= 15 is 0 Å². The highest BCUT2D eigenvalue weighted by Gasteiger charge is 2.19. The summed E-state index contributed by atoms with van der Waals surface area (Å²) in [6.45, 7) is 1.99. The van der Waals surface area contributed by atoms with Crippen molar-refractivity contribution in [3.63, 3.8) is 0 Å². The molecule has 2 aromatic heterocycles. The van der Waals surface area contributed by atoms with E-state index in [9.17, 15) is 4.79 Å². The Labute approximate surface area is 181 Å². The standard InChI is InChI=1S/C24H25N5O2/c30-24(27-23-5-2-11-26-28-23)29-14-8-20(9-15-29)17-21-3-1-4-22(18-21)31-16-10-19-6-12-25-13-7-19/h1-7,11-13,17-18H,8-10,14-16H2,(H,27,28,30). The second-order valence-electron chi connectivity index (χ2n) is 7.36. The van der Waals surface area contributed by atoms with Gasteiger partial charge in [-0.25, -0.2) is 4.79 Å². The van der Waals surface area contributed by atoms with Gasteiger partial charge in [-0.15, -0.1) is 5.10 Å². The van der Waals surface area contributed by atoms with E-state index in [1.165, 1.54) is 11.1 Å². The number of pyridine rings is 1. The predicted molar refractivity (Wildman–Crippen MR) is 120 cm³/mol. The third-order valence-electron chi connectivity index (χ3n) is 5.14. The molecule has 0 aliphatic carbocycles. The summed E-state index contributed by atoms with van der Waals surface area (Å²) in [4.78, 5) is 18.2. The van der Waals surface area contributed by atoms with Gasteiger partial charge in [0.15, 0.2) is 5.82 Å². The van der Waals surface area contributed by atoms with Gasteiger partial charge in [-0.2, -0.15) is 5.10 Å². The van der Waals surface area contributed by atoms with Crippen molar-refractivity contribution in [3.05, 3.63) is 83.8 Å². The van der Waals surface area contributed by atoms with Crippen LogP contribution in [0.25, 0.3) is 6.08 Å². The highest BCUT2D eigenvalue weighted by Crippen LogP contribution is 2.22. The van der Waals surface area contributed by atoms with E-state index < -0.39 is 0 Å². The number of rotatable bonds is 6. The molecule has 7 heteroatoms. The number of carbonyl (C=O) groups is 1. The molecule has 4 rings (SSSR count). The van der Waals surface area contributed by atoms with E-state index in [4.69, 9.17) is 4.74 Å². The summed E-state index contributed by atoms with van der Waals surface area (Å²) in [5, 5.41) is 10.5. The molecule has 0 radical (unpaired) electrons. The van der Waals surface area contributed by atoms with Crippen molar-refractivity contribution >= 4 is 17.9 Å². The summed E-state index contributed by atoms with van der Waals surface area (Å²) in [6.07, 6.45) is 9.92. The molecule has 0 unspecified atom stereocenters. The number of anilines is 1. The van der Waals surface area contributed by atoms with E-state index in [0.29, 0.717) is 25.5 Å². The van der Waals surface area contributed by atoms with Crippen LogP contribution in [0.5, 0.6) is 5.75 Å². The van der Waals surface area contributed by atoms with Crippen LogP contribution in [-0.4, -0.2) is 45.8 Å². The Morgan fingerprint density at radius 2 is 1.90 bits per heavy atom. The molecule has 7 nitrogen and oxygen atoms in total. The fourth-order valence-electron chi connectivity index (χ4n) is 3.46. The highest BCUT2D eigenvalue weighted by atomic mass is 16.5. The number of amides is 2. The molecular formula is C24H25N5O2. The fraction of sp³-hybridized carbons (Fsp3) is 0.250. The van der Waals surface area contributed by atoms with Gasteiger partial charge in [0, 0.05) is 38.1 Å². The number of ether oxygens (including phenoxy) is 1. The van der Waals surface area contributed by atoms with E-state index in [2.05, 4.69) is 38.7 Å². The Morgan fingerprint density at radius 1 is 1.06 bits per heavy atom. The third-order valence-corrected chi connectivity index (χ3v) is 5.14. The summed E-state index contributed by atoms with van der Waals surface area (Å²) in [5.74, 6) is 1.33. The molecule has 158 valence electrons. The quantitative estimate of drug-likeness (QED) is 0.652. The van der Waals surface area contributed by atoms with Gasteiger partial charge in [-0.3, -0.25) is 10.3 Å². The molecule has 0 bridgehead atoms. The van der Waals surface area contributed by atoms with Crippen LogP contribution in [0, 0.1) is 0 Å². The number of likely N-dealkylation sites (tertiary alicyclic amines) is 1. The van der Waals surface area contributed by atoms with Crippen molar-refractivity contribution in [1.82, 2.24) is 20.1 Å². The monoisotopic (exact) mass is 415 g/mol. The Hall–Kier alpha value is -3.74. The summed E-state index contributed by atoms with van der Waals surface area (Å²) in [6, 6.07) is 15.5. The average Bonchev–Trinajstić information content (AvgIpc) is 2.81. The molecule has 1 aliphatic heterocycles. The largest absolute Gasteiger partial charge is 0.493 e. The normalized spacial score (nSPS) is 13.5. The number of aromatic nitrogens is 3. The SMILES string of the molecule is O=C(Nc1cccnn1)N1CCC(=Cc2cccc(OCCc3ccncc3)c2)CC1. The van der Waals surface area contributed by atoms with E-state index in [1.54, 1.807) is 30.7 Å². The minimum absolute atomic E-state index is 0.135. The van der Waals surface area contributed by atoms with Crippen molar-refractivity contribution < 1.29 is 9.53 Å². The molecular weight excluding hydrogens is 390 g/mol. The summed E-state index contributed by atoms with van der Waals surface area (Å²) in [5.41, 5.74) is 3.66. The first-order valence-corrected chi connectivity index (χ1v) is 10.4. The van der Waals surface area contributed by atoms with Crippen LogP contribution in [0.15, 0.2) is 72.7 Å². The van der Waals surface area contributed by atoms with Crippen LogP contribution in [0.1, 0.15) is 24.0 Å². The van der Waals surface area contributed by atoms with Gasteiger partial charge in [-0.1, -0.05) is 23.8 Å². The molecule has 1 fully saturated rings. The van der Waals surface area contributed by atoms with E-state index in [-0.39, 0.29) is 6.03 Å². The first-order chi connectivity index (χ1) is 15.3. The van der Waals surface area contributed by atoms with Gasteiger partial charge >= 0.3 is 6.03 Å². The maximum atomic E-state index is 12.4. The molecule has 3 heterocycles. The Bertz CT molecular complexity index is 1010. The minimum Gasteiger partial charge on any atom is -0.493 e. The lowest BCUT2D eigenvalue weighted by Crippen LogP contribution is -2.39. The summed E-state index contributed by atoms with van der Waals surface area (Å²) < 4.78 is 5.92. The maximum Gasteiger partial charge on any atom is 0.323 e. The maximum absolute atomic E-state index is 12.4. The van der Waals surface area contributed by atoms with Crippen molar-refractivity contribution in [2.75, 3.05) is 25.0 Å². The van der Waals surface area contributed by atoms with Crippen LogP contribution in [0.2, 0.25) is 0 Å². The van der Waals surface area contributed by atoms with E-state index in [1.807, 2.05) is 29.2 Å². The lowest BCUT2D eigenvalue weighted by atomic mass is 10.0. The van der Waals surface area contributed by atoms with Gasteiger partial charge < -0.3 is 9.64 Å². The second kappa shape index (κ2) is 10.3. The smallest absolute Gasteiger partial charge is 0.323 e. The number of hydrogen-bond acceptors (Lipinski definition) is 5. The number of nitrogens with one attached hydrogen (secondary N) is 1. The molecule has 1 N–H and O–H groups in total. The molecule has 0 spiro atoms. The van der Waals surface area contributed by atoms with Crippen molar-refractivity contribution in [2.45, 2.75) is 19.3 Å². The average molecular weight is 415 g/mol. The summed E-state index contributed by atoms with van der Waals surface area (Å²) in [7, 11) is 0. The van der Waals surface area contributed by atoms with Gasteiger partial charge in [0.05, 0.1) is 6.61 Å². The first-order valence-electron chi connectivity index (χ1n) is 10.4. The Morgan fingerprint density at radius 3 is 2.68 bits per heavy atom. The lowest BCUT2D eigenvalue weighted by Gasteiger charge is -2.28. The first kappa shape index (κ1) is 20.5. The van der Waals surface area contributed by atoms with E-state index in [0.717, 1.165) is 30.6 Å². The number of benzene rings is 1. The number of urea groups is 1. The molecule has 1 aromatic carbocycles. The van der Waals surface area contributed by atoms with Crippen LogP contribution in [-0.2, 0) is 6.42 Å².